The molecule has 0 saturated carbocycles. The summed E-state index contributed by atoms with van der Waals surface area (Å²) in [7, 11) is 4.26. The minimum atomic E-state index is 0.366. The second-order valence-corrected chi connectivity index (χ2v) is 7.00. The van der Waals surface area contributed by atoms with E-state index in [4.69, 9.17) is 0 Å². The molecule has 0 aromatic carbocycles. The van der Waals surface area contributed by atoms with E-state index in [2.05, 4.69) is 46.0 Å². The molecular weight excluding hydrogens is 310 g/mol. The third-order valence-electron chi connectivity index (χ3n) is 5.14. The van der Waals surface area contributed by atoms with Crippen LogP contribution in [0.5, 0.6) is 0 Å². The van der Waals surface area contributed by atoms with Crippen LogP contribution in [-0.4, -0.2) is 42.1 Å². The van der Waals surface area contributed by atoms with Crippen LogP contribution in [0.3, 0.4) is 0 Å². The molecule has 0 radical (unpaired) electrons. The molecule has 0 unspecified atom stereocenters. The molecule has 0 spiro atoms. The van der Waals surface area contributed by atoms with Crippen molar-refractivity contribution in [1.82, 2.24) is 14.9 Å². The van der Waals surface area contributed by atoms with Crippen LogP contribution in [0.2, 0.25) is 0 Å². The Bertz CT molecular complexity index is 781. The molecule has 1 saturated heterocycles. The summed E-state index contributed by atoms with van der Waals surface area (Å²) in [6.07, 6.45) is 4.94. The van der Waals surface area contributed by atoms with Crippen molar-refractivity contribution >= 4 is 5.69 Å². The Morgan fingerprint density at radius 1 is 1.40 bits per heavy atom. The Morgan fingerprint density at radius 3 is 2.88 bits per heavy atom. The van der Waals surface area contributed by atoms with Crippen molar-refractivity contribution in [2.45, 2.75) is 26.3 Å². The van der Waals surface area contributed by atoms with Crippen LogP contribution in [0.1, 0.15) is 35.0 Å². The summed E-state index contributed by atoms with van der Waals surface area (Å²) < 4.78 is 0. The first-order chi connectivity index (χ1) is 12.0. The van der Waals surface area contributed by atoms with Gasteiger partial charge in [-0.3, -0.25) is 14.9 Å². The molecule has 2 aromatic heterocycles. The highest BCUT2D eigenvalue weighted by Gasteiger charge is 2.34. The molecule has 0 N–H and O–H groups in total. The Labute approximate surface area is 149 Å². The molecule has 0 amide bonds. The maximum Gasteiger partial charge on any atom is 0.103 e. The van der Waals surface area contributed by atoms with Gasteiger partial charge in [0.15, 0.2) is 0 Å². The number of likely N-dealkylation sites (tertiary alicyclic amines) is 1. The quantitative estimate of drug-likeness (QED) is 0.859. The van der Waals surface area contributed by atoms with E-state index < -0.39 is 0 Å². The van der Waals surface area contributed by atoms with Gasteiger partial charge in [0.2, 0.25) is 0 Å². The van der Waals surface area contributed by atoms with Crippen LogP contribution in [0.25, 0.3) is 0 Å². The number of hydrogen-bond donors (Lipinski definition) is 0. The number of aryl methyl sites for hydroxylation is 2. The standard InChI is InChI=1S/C20H25N5/c1-14-10-19(18(11-21)15(2)23-14)25(4)13-17-7-9-24(3)20(17)16-6-5-8-22-12-16/h5-6,8,10,12,17,20H,7,9,13H2,1-4H3/t17-,20-/m0/s1. The molecule has 5 nitrogen and oxygen atoms in total. The molecular formula is C20H25N5. The molecule has 130 valence electrons. The van der Waals surface area contributed by atoms with Crippen molar-refractivity contribution in [2.75, 3.05) is 32.1 Å². The van der Waals surface area contributed by atoms with Crippen LogP contribution in [-0.2, 0) is 0 Å². The van der Waals surface area contributed by atoms with Crippen molar-refractivity contribution in [3.05, 3.63) is 53.1 Å². The highest BCUT2D eigenvalue weighted by atomic mass is 15.2. The smallest absolute Gasteiger partial charge is 0.103 e. The van der Waals surface area contributed by atoms with Crippen LogP contribution in [0.15, 0.2) is 30.6 Å². The summed E-state index contributed by atoms with van der Waals surface area (Å²) in [6, 6.07) is 8.87. The van der Waals surface area contributed by atoms with E-state index in [-0.39, 0.29) is 0 Å². The van der Waals surface area contributed by atoms with Crippen molar-refractivity contribution < 1.29 is 0 Å². The number of aromatic nitrogens is 2. The molecule has 1 aliphatic heterocycles. The fourth-order valence-electron chi connectivity index (χ4n) is 3.99. The Balaban J connectivity index is 1.86. The topological polar surface area (TPSA) is 56.0 Å². The fourth-order valence-corrected chi connectivity index (χ4v) is 3.99. The Morgan fingerprint density at radius 2 is 2.20 bits per heavy atom. The lowest BCUT2D eigenvalue weighted by Crippen LogP contribution is -2.30. The minimum absolute atomic E-state index is 0.366. The molecule has 25 heavy (non-hydrogen) atoms. The van der Waals surface area contributed by atoms with Gasteiger partial charge in [-0.05, 0) is 57.5 Å². The predicted octanol–water partition coefficient (Wildman–Crippen LogP) is 3.09. The first-order valence-electron chi connectivity index (χ1n) is 8.71. The number of nitriles is 1. The molecule has 1 aliphatic rings. The molecule has 2 atom stereocenters. The average Bonchev–Trinajstić information content (AvgIpc) is 2.95. The van der Waals surface area contributed by atoms with E-state index in [1.165, 1.54) is 5.56 Å². The number of pyridine rings is 2. The SMILES string of the molecule is Cc1cc(N(C)C[C@@H]2CCN(C)[C@H]2c2cccnc2)c(C#N)c(C)n1. The van der Waals surface area contributed by atoms with E-state index in [1.807, 2.05) is 38.4 Å². The van der Waals surface area contributed by atoms with E-state index >= 15 is 0 Å². The lowest BCUT2D eigenvalue weighted by Gasteiger charge is -2.30. The third-order valence-corrected chi connectivity index (χ3v) is 5.14. The average molecular weight is 335 g/mol. The minimum Gasteiger partial charge on any atom is -0.373 e. The lowest BCUT2D eigenvalue weighted by molar-refractivity contribution is 0.278. The van der Waals surface area contributed by atoms with Gasteiger partial charge < -0.3 is 4.90 Å². The van der Waals surface area contributed by atoms with Gasteiger partial charge in [0, 0.05) is 37.7 Å². The number of anilines is 1. The second kappa shape index (κ2) is 7.20. The molecule has 0 aliphatic carbocycles. The molecule has 1 fully saturated rings. The second-order valence-electron chi connectivity index (χ2n) is 7.00. The van der Waals surface area contributed by atoms with Gasteiger partial charge in [0.1, 0.15) is 6.07 Å². The third kappa shape index (κ3) is 3.49. The van der Waals surface area contributed by atoms with Gasteiger partial charge in [-0.25, -0.2) is 0 Å². The Kier molecular flexibility index (Phi) is 5.00. The van der Waals surface area contributed by atoms with Crippen LogP contribution in [0.4, 0.5) is 5.69 Å². The van der Waals surface area contributed by atoms with Crippen molar-refractivity contribution in [3.63, 3.8) is 0 Å². The monoisotopic (exact) mass is 335 g/mol. The predicted molar refractivity (Wildman–Crippen MR) is 99.4 cm³/mol. The Hall–Kier alpha value is -2.45. The molecule has 2 aromatic rings. The molecule has 3 heterocycles. The molecule has 3 rings (SSSR count). The van der Waals surface area contributed by atoms with Crippen LogP contribution in [0, 0.1) is 31.1 Å². The van der Waals surface area contributed by atoms with Crippen LogP contribution < -0.4 is 4.90 Å². The maximum atomic E-state index is 9.54. The number of rotatable bonds is 4. The highest BCUT2D eigenvalue weighted by Crippen LogP contribution is 2.37. The molecule has 0 bridgehead atoms. The van der Waals surface area contributed by atoms with Crippen molar-refractivity contribution in [3.8, 4) is 6.07 Å². The molecule has 5 heteroatoms. The maximum absolute atomic E-state index is 9.54. The summed E-state index contributed by atoms with van der Waals surface area (Å²) in [5, 5.41) is 9.54. The highest BCUT2D eigenvalue weighted by molar-refractivity contribution is 5.61. The lowest BCUT2D eigenvalue weighted by atomic mass is 9.94. The zero-order valence-corrected chi connectivity index (χ0v) is 15.4. The van der Waals surface area contributed by atoms with Gasteiger partial charge in [0.05, 0.1) is 16.9 Å². The number of nitrogens with zero attached hydrogens (tertiary/aromatic N) is 5. The summed E-state index contributed by atoms with van der Waals surface area (Å²) in [5.41, 5.74) is 4.68. The largest absolute Gasteiger partial charge is 0.373 e. The van der Waals surface area contributed by atoms with Gasteiger partial charge >= 0.3 is 0 Å². The zero-order valence-electron chi connectivity index (χ0n) is 15.4. The fraction of sp³-hybridized carbons (Fsp3) is 0.450. The van der Waals surface area contributed by atoms with E-state index in [9.17, 15) is 5.26 Å². The summed E-state index contributed by atoms with van der Waals surface area (Å²) in [5.74, 6) is 0.500. The van der Waals surface area contributed by atoms with Crippen molar-refractivity contribution in [2.24, 2.45) is 5.92 Å². The normalized spacial score (nSPS) is 20.4. The van der Waals surface area contributed by atoms with Crippen LogP contribution >= 0.6 is 0 Å². The van der Waals surface area contributed by atoms with E-state index in [0.29, 0.717) is 17.5 Å². The van der Waals surface area contributed by atoms with Gasteiger partial charge in [-0.15, -0.1) is 0 Å². The van der Waals surface area contributed by atoms with E-state index in [0.717, 1.165) is 36.6 Å². The van der Waals surface area contributed by atoms with Gasteiger partial charge in [0.25, 0.3) is 0 Å². The first-order valence-corrected chi connectivity index (χ1v) is 8.71. The van der Waals surface area contributed by atoms with Crippen molar-refractivity contribution in [1.29, 1.82) is 5.26 Å². The summed E-state index contributed by atoms with van der Waals surface area (Å²) in [4.78, 5) is 13.3. The number of hydrogen-bond acceptors (Lipinski definition) is 5. The summed E-state index contributed by atoms with van der Waals surface area (Å²) >= 11 is 0. The first kappa shape index (κ1) is 17.4. The van der Waals surface area contributed by atoms with Gasteiger partial charge in [-0.2, -0.15) is 5.26 Å². The summed E-state index contributed by atoms with van der Waals surface area (Å²) in [6.45, 7) is 5.87. The van der Waals surface area contributed by atoms with E-state index in [1.54, 1.807) is 0 Å². The zero-order chi connectivity index (χ0) is 18.0. The van der Waals surface area contributed by atoms with Gasteiger partial charge in [-0.1, -0.05) is 6.07 Å².